The van der Waals surface area contributed by atoms with Crippen molar-refractivity contribution in [3.8, 4) is 0 Å². The third-order valence-corrected chi connectivity index (χ3v) is 3.81. The standard InChI is InChI=1S/C14H15F3N2/c1-8-4-10-11-5-9(15)2-3-12(11)18-13(10)6-19(8)7-14(16)17/h2-3,5,8,14,18H,4,6-7H2,1H3. The maximum absolute atomic E-state index is 13.3. The van der Waals surface area contributed by atoms with Crippen LogP contribution in [0.25, 0.3) is 10.9 Å². The van der Waals surface area contributed by atoms with Crippen molar-refractivity contribution >= 4 is 10.9 Å². The normalized spacial score (nSPS) is 20.2. The van der Waals surface area contributed by atoms with Gasteiger partial charge in [-0.2, -0.15) is 0 Å². The molecule has 3 rings (SSSR count). The molecule has 19 heavy (non-hydrogen) atoms. The van der Waals surface area contributed by atoms with Crippen LogP contribution >= 0.6 is 0 Å². The molecule has 1 atom stereocenters. The van der Waals surface area contributed by atoms with Gasteiger partial charge in [-0.1, -0.05) is 0 Å². The highest BCUT2D eigenvalue weighted by atomic mass is 19.3. The van der Waals surface area contributed by atoms with Crippen LogP contribution < -0.4 is 0 Å². The van der Waals surface area contributed by atoms with Gasteiger partial charge in [0.25, 0.3) is 6.43 Å². The number of rotatable bonds is 2. The molecule has 0 saturated heterocycles. The van der Waals surface area contributed by atoms with Crippen LogP contribution in [-0.2, 0) is 13.0 Å². The van der Waals surface area contributed by atoms with Gasteiger partial charge in [0.15, 0.2) is 0 Å². The molecule has 0 fully saturated rings. The number of hydrogen-bond donors (Lipinski definition) is 1. The van der Waals surface area contributed by atoms with E-state index in [-0.39, 0.29) is 18.4 Å². The molecule has 0 saturated carbocycles. The van der Waals surface area contributed by atoms with Crippen LogP contribution in [0.1, 0.15) is 18.2 Å². The molecule has 1 aromatic heterocycles. The molecule has 1 aromatic carbocycles. The fourth-order valence-corrected chi connectivity index (χ4v) is 2.85. The van der Waals surface area contributed by atoms with Gasteiger partial charge in [0.2, 0.25) is 0 Å². The average Bonchev–Trinajstić information content (AvgIpc) is 2.66. The summed E-state index contributed by atoms with van der Waals surface area (Å²) in [5.74, 6) is -0.267. The number of hydrogen-bond acceptors (Lipinski definition) is 1. The molecule has 2 aromatic rings. The zero-order valence-corrected chi connectivity index (χ0v) is 10.6. The fourth-order valence-electron chi connectivity index (χ4n) is 2.85. The van der Waals surface area contributed by atoms with Crippen molar-refractivity contribution in [3.63, 3.8) is 0 Å². The summed E-state index contributed by atoms with van der Waals surface area (Å²) in [4.78, 5) is 4.98. The highest BCUT2D eigenvalue weighted by Gasteiger charge is 2.27. The first-order valence-electron chi connectivity index (χ1n) is 6.36. The van der Waals surface area contributed by atoms with E-state index in [1.807, 2.05) is 6.92 Å². The lowest BCUT2D eigenvalue weighted by molar-refractivity contribution is 0.0597. The number of alkyl halides is 2. The van der Waals surface area contributed by atoms with Gasteiger partial charge in [0.1, 0.15) is 5.82 Å². The third-order valence-electron chi connectivity index (χ3n) is 3.81. The lowest BCUT2D eigenvalue weighted by atomic mass is 9.98. The van der Waals surface area contributed by atoms with E-state index < -0.39 is 6.43 Å². The lowest BCUT2D eigenvalue weighted by Crippen LogP contribution is -2.40. The number of fused-ring (bicyclic) bond motifs is 3. The molecule has 5 heteroatoms. The minimum atomic E-state index is -2.33. The monoisotopic (exact) mass is 268 g/mol. The minimum absolute atomic E-state index is 0.0452. The maximum Gasteiger partial charge on any atom is 0.251 e. The van der Waals surface area contributed by atoms with Gasteiger partial charge in [-0.25, -0.2) is 13.2 Å². The minimum Gasteiger partial charge on any atom is -0.357 e. The van der Waals surface area contributed by atoms with Crippen LogP contribution in [-0.4, -0.2) is 28.9 Å². The topological polar surface area (TPSA) is 19.0 Å². The van der Waals surface area contributed by atoms with E-state index in [1.165, 1.54) is 12.1 Å². The van der Waals surface area contributed by atoms with Crippen LogP contribution in [0.3, 0.4) is 0 Å². The quantitative estimate of drug-likeness (QED) is 0.885. The zero-order valence-electron chi connectivity index (χ0n) is 10.6. The molecule has 0 aliphatic carbocycles. The molecule has 1 unspecified atom stereocenters. The Bertz CT molecular complexity index is 606. The van der Waals surface area contributed by atoms with E-state index in [4.69, 9.17) is 0 Å². The second-order valence-electron chi connectivity index (χ2n) is 5.15. The summed E-state index contributed by atoms with van der Waals surface area (Å²) < 4.78 is 38.4. The van der Waals surface area contributed by atoms with Gasteiger partial charge in [-0.3, -0.25) is 4.90 Å². The van der Waals surface area contributed by atoms with Gasteiger partial charge >= 0.3 is 0 Å². The Morgan fingerprint density at radius 1 is 1.42 bits per heavy atom. The van der Waals surface area contributed by atoms with Gasteiger partial charge in [-0.15, -0.1) is 0 Å². The van der Waals surface area contributed by atoms with E-state index in [9.17, 15) is 13.2 Å². The number of halogens is 3. The molecule has 1 N–H and O–H groups in total. The Kier molecular flexibility index (Phi) is 3.01. The molecular weight excluding hydrogens is 253 g/mol. The molecule has 2 nitrogen and oxygen atoms in total. The SMILES string of the molecule is CC1Cc2c([nH]c3ccc(F)cc23)CN1CC(F)F. The molecule has 2 heterocycles. The van der Waals surface area contributed by atoms with Crippen molar-refractivity contribution in [1.29, 1.82) is 0 Å². The van der Waals surface area contributed by atoms with Crippen LogP contribution in [0.4, 0.5) is 13.2 Å². The van der Waals surface area contributed by atoms with Gasteiger partial charge in [-0.05, 0) is 37.1 Å². The summed E-state index contributed by atoms with van der Waals surface area (Å²) in [7, 11) is 0. The first kappa shape index (κ1) is 12.5. The predicted molar refractivity (Wildman–Crippen MR) is 67.8 cm³/mol. The third kappa shape index (κ3) is 2.23. The van der Waals surface area contributed by atoms with Crippen LogP contribution in [0.2, 0.25) is 0 Å². The Morgan fingerprint density at radius 3 is 2.95 bits per heavy atom. The van der Waals surface area contributed by atoms with E-state index in [0.29, 0.717) is 13.0 Å². The highest BCUT2D eigenvalue weighted by molar-refractivity contribution is 5.85. The number of H-pyrrole nitrogens is 1. The largest absolute Gasteiger partial charge is 0.357 e. The van der Waals surface area contributed by atoms with E-state index >= 15 is 0 Å². The molecule has 0 bridgehead atoms. The zero-order chi connectivity index (χ0) is 13.6. The van der Waals surface area contributed by atoms with Crippen molar-refractivity contribution in [2.45, 2.75) is 32.4 Å². The second kappa shape index (κ2) is 4.56. The molecule has 0 spiro atoms. The Morgan fingerprint density at radius 2 is 2.21 bits per heavy atom. The fraction of sp³-hybridized carbons (Fsp3) is 0.429. The molecule has 1 aliphatic rings. The number of aromatic nitrogens is 1. The number of aromatic amines is 1. The smallest absolute Gasteiger partial charge is 0.251 e. The lowest BCUT2D eigenvalue weighted by Gasteiger charge is -2.33. The maximum atomic E-state index is 13.3. The molecule has 0 radical (unpaired) electrons. The van der Waals surface area contributed by atoms with Gasteiger partial charge in [0.05, 0.1) is 6.54 Å². The molecule has 0 amide bonds. The second-order valence-corrected chi connectivity index (χ2v) is 5.15. The number of benzene rings is 1. The summed E-state index contributed by atoms with van der Waals surface area (Å²) in [5.41, 5.74) is 2.87. The summed E-state index contributed by atoms with van der Waals surface area (Å²) in [6.07, 6.45) is -1.66. The molecule has 1 aliphatic heterocycles. The Balaban J connectivity index is 1.99. The van der Waals surface area contributed by atoms with E-state index in [0.717, 1.165) is 22.2 Å². The highest BCUT2D eigenvalue weighted by Crippen LogP contribution is 2.30. The van der Waals surface area contributed by atoms with Gasteiger partial charge in [0, 0.05) is 29.2 Å². The van der Waals surface area contributed by atoms with Gasteiger partial charge < -0.3 is 4.98 Å². The van der Waals surface area contributed by atoms with E-state index in [1.54, 1.807) is 11.0 Å². The Labute approximate surface area is 109 Å². The van der Waals surface area contributed by atoms with Crippen molar-refractivity contribution in [2.75, 3.05) is 6.54 Å². The van der Waals surface area contributed by atoms with E-state index in [2.05, 4.69) is 4.98 Å². The first-order chi connectivity index (χ1) is 9.04. The molecule has 102 valence electrons. The summed E-state index contributed by atoms with van der Waals surface area (Å²) in [5, 5.41) is 0.874. The Hall–Kier alpha value is -1.49. The van der Waals surface area contributed by atoms with Crippen molar-refractivity contribution < 1.29 is 13.2 Å². The number of nitrogens with one attached hydrogen (secondary N) is 1. The average molecular weight is 268 g/mol. The van der Waals surface area contributed by atoms with Crippen LogP contribution in [0.15, 0.2) is 18.2 Å². The first-order valence-corrected chi connectivity index (χ1v) is 6.36. The summed E-state index contributed by atoms with van der Waals surface area (Å²) >= 11 is 0. The van der Waals surface area contributed by atoms with Crippen LogP contribution in [0, 0.1) is 5.82 Å². The summed E-state index contributed by atoms with van der Waals surface area (Å²) in [6, 6.07) is 4.67. The predicted octanol–water partition coefficient (Wildman–Crippen LogP) is 3.32. The van der Waals surface area contributed by atoms with Crippen molar-refractivity contribution in [3.05, 3.63) is 35.3 Å². The van der Waals surface area contributed by atoms with Crippen molar-refractivity contribution in [2.24, 2.45) is 0 Å². The van der Waals surface area contributed by atoms with Crippen molar-refractivity contribution in [1.82, 2.24) is 9.88 Å². The summed E-state index contributed by atoms with van der Waals surface area (Å²) in [6.45, 7) is 2.19. The molecular formula is C14H15F3N2. The number of nitrogens with zero attached hydrogens (tertiary/aromatic N) is 1. The van der Waals surface area contributed by atoms with Crippen LogP contribution in [0.5, 0.6) is 0 Å².